The van der Waals surface area contributed by atoms with Gasteiger partial charge in [-0.25, -0.2) is 9.97 Å². The van der Waals surface area contributed by atoms with Gasteiger partial charge in [-0.1, -0.05) is 13.8 Å². The molecule has 1 fully saturated rings. The normalized spacial score (nSPS) is 20.3. The quantitative estimate of drug-likeness (QED) is 0.868. The summed E-state index contributed by atoms with van der Waals surface area (Å²) < 4.78 is 5.69. The molecule has 4 nitrogen and oxygen atoms in total. The third-order valence-electron chi connectivity index (χ3n) is 3.95. The maximum Gasteiger partial charge on any atom is 0.157 e. The Hall–Kier alpha value is -1.00. The van der Waals surface area contributed by atoms with Gasteiger partial charge in [-0.15, -0.1) is 0 Å². The average molecular weight is 277 g/mol. The summed E-state index contributed by atoms with van der Waals surface area (Å²) in [7, 11) is 0. The van der Waals surface area contributed by atoms with Gasteiger partial charge in [-0.3, -0.25) is 0 Å². The highest BCUT2D eigenvalue weighted by Gasteiger charge is 2.22. The molecule has 2 atom stereocenters. The van der Waals surface area contributed by atoms with Crippen molar-refractivity contribution in [2.24, 2.45) is 5.92 Å². The molecule has 0 aromatic carbocycles. The number of hydrogen-bond acceptors (Lipinski definition) is 4. The lowest BCUT2D eigenvalue weighted by atomic mass is 9.98. The van der Waals surface area contributed by atoms with Crippen LogP contribution in [0, 0.1) is 19.8 Å². The number of nitrogens with zero attached hydrogens (tertiary/aromatic N) is 2. The molecule has 0 amide bonds. The molecular weight excluding hydrogens is 250 g/mol. The molecule has 1 aliphatic rings. The van der Waals surface area contributed by atoms with E-state index < -0.39 is 0 Å². The first-order valence-electron chi connectivity index (χ1n) is 7.78. The fourth-order valence-corrected chi connectivity index (χ4v) is 2.80. The van der Waals surface area contributed by atoms with Gasteiger partial charge in [-0.05, 0) is 57.7 Å². The molecule has 4 heteroatoms. The topological polar surface area (TPSA) is 47.0 Å². The predicted molar refractivity (Wildman–Crippen MR) is 80.8 cm³/mol. The minimum atomic E-state index is 0.112. The Bertz CT molecular complexity index is 418. The standard InChI is InChI=1S/C16H27N3O/c1-5-17-10-11(2)9-14-12(3)18-16(19-13(14)4)15-7-6-8-20-15/h11,15,17H,5-10H2,1-4H3. The van der Waals surface area contributed by atoms with E-state index in [1.807, 2.05) is 0 Å². The second kappa shape index (κ2) is 7.14. The highest BCUT2D eigenvalue weighted by atomic mass is 16.5. The third-order valence-corrected chi connectivity index (χ3v) is 3.95. The zero-order chi connectivity index (χ0) is 14.5. The highest BCUT2D eigenvalue weighted by Crippen LogP contribution is 2.27. The predicted octanol–water partition coefficient (Wildman–Crippen LogP) is 2.73. The second-order valence-electron chi connectivity index (χ2n) is 5.85. The summed E-state index contributed by atoms with van der Waals surface area (Å²) in [6.07, 6.45) is 3.32. The van der Waals surface area contributed by atoms with Crippen molar-refractivity contribution in [2.75, 3.05) is 19.7 Å². The first kappa shape index (κ1) is 15.4. The van der Waals surface area contributed by atoms with Crippen LogP contribution in [0.3, 0.4) is 0 Å². The molecule has 0 spiro atoms. The van der Waals surface area contributed by atoms with E-state index in [0.717, 1.165) is 56.2 Å². The van der Waals surface area contributed by atoms with Gasteiger partial charge in [0.2, 0.25) is 0 Å². The molecule has 2 heterocycles. The van der Waals surface area contributed by atoms with Crippen LogP contribution in [0.1, 0.15) is 55.6 Å². The van der Waals surface area contributed by atoms with Crippen LogP contribution in [-0.2, 0) is 11.2 Å². The van der Waals surface area contributed by atoms with Gasteiger partial charge in [0, 0.05) is 18.0 Å². The van der Waals surface area contributed by atoms with Gasteiger partial charge < -0.3 is 10.1 Å². The number of hydrogen-bond donors (Lipinski definition) is 1. The van der Waals surface area contributed by atoms with Crippen LogP contribution in [0.4, 0.5) is 0 Å². The molecule has 20 heavy (non-hydrogen) atoms. The van der Waals surface area contributed by atoms with Gasteiger partial charge in [0.15, 0.2) is 5.82 Å². The summed E-state index contributed by atoms with van der Waals surface area (Å²) in [6, 6.07) is 0. The zero-order valence-electron chi connectivity index (χ0n) is 13.2. The maximum atomic E-state index is 5.69. The van der Waals surface area contributed by atoms with E-state index in [0.29, 0.717) is 5.92 Å². The van der Waals surface area contributed by atoms with E-state index >= 15 is 0 Å². The summed E-state index contributed by atoms with van der Waals surface area (Å²) in [5.74, 6) is 1.48. The summed E-state index contributed by atoms with van der Waals surface area (Å²) in [4.78, 5) is 9.39. The van der Waals surface area contributed by atoms with Crippen molar-refractivity contribution in [2.45, 2.75) is 53.1 Å². The van der Waals surface area contributed by atoms with Gasteiger partial charge >= 0.3 is 0 Å². The summed E-state index contributed by atoms with van der Waals surface area (Å²) in [5, 5.41) is 3.40. The fraction of sp³-hybridized carbons (Fsp3) is 0.750. The Balaban J connectivity index is 2.09. The highest BCUT2D eigenvalue weighted by molar-refractivity contribution is 5.25. The average Bonchev–Trinajstić information content (AvgIpc) is 2.94. The lowest BCUT2D eigenvalue weighted by molar-refractivity contribution is 0.104. The van der Waals surface area contributed by atoms with E-state index in [9.17, 15) is 0 Å². The van der Waals surface area contributed by atoms with Gasteiger partial charge in [-0.2, -0.15) is 0 Å². The van der Waals surface area contributed by atoms with Crippen molar-refractivity contribution in [3.8, 4) is 0 Å². The summed E-state index contributed by atoms with van der Waals surface area (Å²) in [6.45, 7) is 11.5. The van der Waals surface area contributed by atoms with E-state index in [4.69, 9.17) is 14.7 Å². The van der Waals surface area contributed by atoms with Crippen LogP contribution >= 0.6 is 0 Å². The Morgan fingerprint density at radius 3 is 2.55 bits per heavy atom. The minimum absolute atomic E-state index is 0.112. The van der Waals surface area contributed by atoms with Crippen molar-refractivity contribution in [3.63, 3.8) is 0 Å². The van der Waals surface area contributed by atoms with Crippen LogP contribution in [-0.4, -0.2) is 29.7 Å². The number of aryl methyl sites for hydroxylation is 2. The molecule has 2 unspecified atom stereocenters. The fourth-order valence-electron chi connectivity index (χ4n) is 2.80. The molecule has 1 aromatic heterocycles. The monoisotopic (exact) mass is 277 g/mol. The van der Waals surface area contributed by atoms with Gasteiger partial charge in [0.05, 0.1) is 0 Å². The Labute approximate surface area is 122 Å². The first-order chi connectivity index (χ1) is 9.61. The Kier molecular flexibility index (Phi) is 5.49. The number of ether oxygens (including phenoxy) is 1. The van der Waals surface area contributed by atoms with Crippen molar-refractivity contribution in [3.05, 3.63) is 22.8 Å². The first-order valence-corrected chi connectivity index (χ1v) is 7.78. The summed E-state index contributed by atoms with van der Waals surface area (Å²) in [5.41, 5.74) is 3.54. The number of rotatable bonds is 6. The van der Waals surface area contributed by atoms with Crippen LogP contribution in [0.25, 0.3) is 0 Å². The Morgan fingerprint density at radius 2 is 2.00 bits per heavy atom. The molecule has 0 saturated carbocycles. The lowest BCUT2D eigenvalue weighted by Gasteiger charge is -2.17. The molecule has 1 N–H and O–H groups in total. The van der Waals surface area contributed by atoms with Crippen LogP contribution in [0.2, 0.25) is 0 Å². The van der Waals surface area contributed by atoms with E-state index in [1.165, 1.54) is 5.56 Å². The van der Waals surface area contributed by atoms with Gasteiger partial charge in [0.25, 0.3) is 0 Å². The van der Waals surface area contributed by atoms with E-state index in [-0.39, 0.29) is 6.10 Å². The maximum absolute atomic E-state index is 5.69. The molecular formula is C16H27N3O. The minimum Gasteiger partial charge on any atom is -0.370 e. The molecule has 1 aromatic rings. The van der Waals surface area contributed by atoms with Crippen molar-refractivity contribution in [1.82, 2.24) is 15.3 Å². The molecule has 2 rings (SSSR count). The number of aromatic nitrogens is 2. The third kappa shape index (κ3) is 3.76. The van der Waals surface area contributed by atoms with E-state index in [1.54, 1.807) is 0 Å². The smallest absolute Gasteiger partial charge is 0.157 e. The summed E-state index contributed by atoms with van der Waals surface area (Å²) >= 11 is 0. The molecule has 112 valence electrons. The Morgan fingerprint density at radius 1 is 1.30 bits per heavy atom. The lowest BCUT2D eigenvalue weighted by Crippen LogP contribution is -2.23. The molecule has 0 bridgehead atoms. The molecule has 1 aliphatic heterocycles. The van der Waals surface area contributed by atoms with Crippen LogP contribution in [0.15, 0.2) is 0 Å². The van der Waals surface area contributed by atoms with Crippen LogP contribution < -0.4 is 5.32 Å². The zero-order valence-corrected chi connectivity index (χ0v) is 13.2. The molecule has 0 aliphatic carbocycles. The van der Waals surface area contributed by atoms with Gasteiger partial charge in [0.1, 0.15) is 6.10 Å². The largest absolute Gasteiger partial charge is 0.370 e. The number of nitrogens with one attached hydrogen (secondary N) is 1. The molecule has 1 saturated heterocycles. The van der Waals surface area contributed by atoms with Crippen molar-refractivity contribution >= 4 is 0 Å². The molecule has 0 radical (unpaired) electrons. The van der Waals surface area contributed by atoms with E-state index in [2.05, 4.69) is 33.0 Å². The SMILES string of the molecule is CCNCC(C)Cc1c(C)nc(C2CCCO2)nc1C. The van der Waals surface area contributed by atoms with Crippen LogP contribution in [0.5, 0.6) is 0 Å². The van der Waals surface area contributed by atoms with Crippen molar-refractivity contribution in [1.29, 1.82) is 0 Å². The second-order valence-corrected chi connectivity index (χ2v) is 5.85. The van der Waals surface area contributed by atoms with Crippen molar-refractivity contribution < 1.29 is 4.74 Å².